The molecule has 0 aromatic heterocycles. The molecule has 0 saturated heterocycles. The SMILES string of the molecule is COc1cc(NC(C(C)=O)c2ccc(F)cc2OCCO)cc(S(C)(=O)=O)c1. The van der Waals surface area contributed by atoms with E-state index >= 15 is 0 Å². The Morgan fingerprint density at radius 2 is 1.96 bits per heavy atom. The summed E-state index contributed by atoms with van der Waals surface area (Å²) in [4.78, 5) is 12.3. The zero-order valence-corrected chi connectivity index (χ0v) is 16.5. The van der Waals surface area contributed by atoms with Crippen molar-refractivity contribution in [3.05, 3.63) is 47.8 Å². The molecule has 152 valence electrons. The van der Waals surface area contributed by atoms with Crippen LogP contribution < -0.4 is 14.8 Å². The summed E-state index contributed by atoms with van der Waals surface area (Å²) in [7, 11) is -2.11. The third-order valence-corrected chi connectivity index (χ3v) is 4.99. The number of methoxy groups -OCH3 is 1. The molecule has 0 radical (unpaired) electrons. The zero-order valence-electron chi connectivity index (χ0n) is 15.7. The number of anilines is 1. The van der Waals surface area contributed by atoms with Crippen molar-refractivity contribution < 1.29 is 32.2 Å². The molecule has 0 heterocycles. The van der Waals surface area contributed by atoms with Crippen LogP contribution >= 0.6 is 0 Å². The predicted octanol–water partition coefficient (Wildman–Crippen LogP) is 2.35. The lowest BCUT2D eigenvalue weighted by Crippen LogP contribution is -2.20. The van der Waals surface area contributed by atoms with Gasteiger partial charge in [0.05, 0.1) is 18.6 Å². The number of nitrogens with one attached hydrogen (secondary N) is 1. The Bertz CT molecular complexity index is 961. The van der Waals surface area contributed by atoms with Gasteiger partial charge in [0.15, 0.2) is 15.6 Å². The summed E-state index contributed by atoms with van der Waals surface area (Å²) in [6.07, 6.45) is 1.06. The van der Waals surface area contributed by atoms with Gasteiger partial charge in [-0.1, -0.05) is 0 Å². The Morgan fingerprint density at radius 3 is 2.54 bits per heavy atom. The van der Waals surface area contributed by atoms with Crippen LogP contribution in [-0.4, -0.2) is 45.9 Å². The highest BCUT2D eigenvalue weighted by Crippen LogP contribution is 2.32. The molecule has 0 amide bonds. The largest absolute Gasteiger partial charge is 0.497 e. The fourth-order valence-corrected chi connectivity index (χ4v) is 3.25. The van der Waals surface area contributed by atoms with Crippen molar-refractivity contribution in [1.82, 2.24) is 0 Å². The van der Waals surface area contributed by atoms with Gasteiger partial charge < -0.3 is 19.9 Å². The van der Waals surface area contributed by atoms with E-state index in [0.29, 0.717) is 17.0 Å². The van der Waals surface area contributed by atoms with E-state index in [0.717, 1.165) is 12.3 Å². The minimum atomic E-state index is -3.51. The lowest BCUT2D eigenvalue weighted by Gasteiger charge is -2.21. The van der Waals surface area contributed by atoms with Crippen molar-refractivity contribution in [1.29, 1.82) is 0 Å². The van der Waals surface area contributed by atoms with Gasteiger partial charge in [-0.3, -0.25) is 4.79 Å². The first-order valence-electron chi connectivity index (χ1n) is 8.35. The van der Waals surface area contributed by atoms with Gasteiger partial charge in [0.1, 0.15) is 30.0 Å². The van der Waals surface area contributed by atoms with E-state index in [2.05, 4.69) is 5.32 Å². The van der Waals surface area contributed by atoms with Crippen LogP contribution in [0.5, 0.6) is 11.5 Å². The number of hydrogen-bond donors (Lipinski definition) is 2. The minimum absolute atomic E-state index is 0.0208. The maximum Gasteiger partial charge on any atom is 0.175 e. The third kappa shape index (κ3) is 5.43. The van der Waals surface area contributed by atoms with Gasteiger partial charge in [-0.05, 0) is 31.2 Å². The van der Waals surface area contributed by atoms with Crippen LogP contribution in [0.3, 0.4) is 0 Å². The number of aliphatic hydroxyl groups is 1. The van der Waals surface area contributed by atoms with E-state index in [-0.39, 0.29) is 29.6 Å². The molecule has 0 saturated carbocycles. The predicted molar refractivity (Wildman–Crippen MR) is 102 cm³/mol. The first-order valence-corrected chi connectivity index (χ1v) is 10.2. The highest BCUT2D eigenvalue weighted by Gasteiger charge is 2.22. The average Bonchev–Trinajstić information content (AvgIpc) is 2.63. The van der Waals surface area contributed by atoms with Crippen LogP contribution in [0.1, 0.15) is 18.5 Å². The van der Waals surface area contributed by atoms with Crippen LogP contribution in [0.4, 0.5) is 10.1 Å². The molecule has 1 atom stereocenters. The van der Waals surface area contributed by atoms with Gasteiger partial charge in [0, 0.05) is 29.6 Å². The standard InChI is InChI=1S/C19H22FNO6S/c1-12(23)19(17-5-4-13(20)8-18(17)27-7-6-22)21-14-9-15(26-2)11-16(10-14)28(3,24)25/h4-5,8-11,19,21-22H,6-7H2,1-3H3. The summed E-state index contributed by atoms with van der Waals surface area (Å²) in [6.45, 7) is 0.995. The highest BCUT2D eigenvalue weighted by molar-refractivity contribution is 7.90. The Balaban J connectivity index is 2.49. The molecular formula is C19H22FNO6S. The van der Waals surface area contributed by atoms with Crippen molar-refractivity contribution in [2.45, 2.75) is 17.9 Å². The van der Waals surface area contributed by atoms with Crippen molar-refractivity contribution in [2.75, 3.05) is 31.9 Å². The van der Waals surface area contributed by atoms with Crippen molar-refractivity contribution in [2.24, 2.45) is 0 Å². The van der Waals surface area contributed by atoms with E-state index in [4.69, 9.17) is 14.6 Å². The molecule has 9 heteroatoms. The minimum Gasteiger partial charge on any atom is -0.497 e. The number of hydrogen-bond acceptors (Lipinski definition) is 7. The normalized spacial score (nSPS) is 12.3. The second kappa shape index (κ2) is 9.03. The first-order chi connectivity index (χ1) is 13.2. The second-order valence-electron chi connectivity index (χ2n) is 6.11. The van der Waals surface area contributed by atoms with Crippen LogP contribution in [0.15, 0.2) is 41.3 Å². The number of benzene rings is 2. The maximum absolute atomic E-state index is 13.6. The smallest absolute Gasteiger partial charge is 0.175 e. The molecule has 0 spiro atoms. The molecule has 1 unspecified atom stereocenters. The molecule has 2 rings (SSSR count). The Morgan fingerprint density at radius 1 is 1.25 bits per heavy atom. The van der Waals surface area contributed by atoms with E-state index in [9.17, 15) is 17.6 Å². The second-order valence-corrected chi connectivity index (χ2v) is 8.13. The van der Waals surface area contributed by atoms with Crippen molar-refractivity contribution in [3.8, 4) is 11.5 Å². The number of carbonyl (C=O) groups excluding carboxylic acids is 1. The molecule has 0 fully saturated rings. The van der Waals surface area contributed by atoms with Crippen molar-refractivity contribution >= 4 is 21.3 Å². The van der Waals surface area contributed by atoms with Gasteiger partial charge in [-0.15, -0.1) is 0 Å². The zero-order chi connectivity index (χ0) is 20.9. The lowest BCUT2D eigenvalue weighted by atomic mass is 10.0. The number of carbonyl (C=O) groups is 1. The molecule has 2 aromatic carbocycles. The van der Waals surface area contributed by atoms with Crippen LogP contribution in [0, 0.1) is 5.82 Å². The van der Waals surface area contributed by atoms with Gasteiger partial charge in [0.25, 0.3) is 0 Å². The summed E-state index contributed by atoms with van der Waals surface area (Å²) < 4.78 is 47.9. The Hall–Kier alpha value is -2.65. The first kappa shape index (κ1) is 21.6. The average molecular weight is 411 g/mol. The lowest BCUT2D eigenvalue weighted by molar-refractivity contribution is -0.117. The molecular weight excluding hydrogens is 389 g/mol. The van der Waals surface area contributed by atoms with Crippen LogP contribution in [0.25, 0.3) is 0 Å². The molecule has 7 nitrogen and oxygen atoms in total. The summed E-state index contributed by atoms with van der Waals surface area (Å²) in [5.74, 6) is -0.458. The van der Waals surface area contributed by atoms with E-state index in [1.54, 1.807) is 6.07 Å². The number of halogens is 1. The third-order valence-electron chi connectivity index (χ3n) is 3.90. The molecule has 28 heavy (non-hydrogen) atoms. The number of rotatable bonds is 9. The highest BCUT2D eigenvalue weighted by atomic mass is 32.2. The molecule has 2 N–H and O–H groups in total. The quantitative estimate of drug-likeness (QED) is 0.653. The van der Waals surface area contributed by atoms with Gasteiger partial charge in [-0.25, -0.2) is 12.8 Å². The molecule has 0 bridgehead atoms. The fourth-order valence-electron chi connectivity index (χ4n) is 2.58. The summed E-state index contributed by atoms with van der Waals surface area (Å²) >= 11 is 0. The molecule has 0 aliphatic rings. The van der Waals surface area contributed by atoms with Gasteiger partial charge in [0.2, 0.25) is 0 Å². The number of sulfone groups is 1. The number of ketones is 1. The topological polar surface area (TPSA) is 102 Å². The van der Waals surface area contributed by atoms with Crippen LogP contribution in [0.2, 0.25) is 0 Å². The number of aliphatic hydroxyl groups excluding tert-OH is 1. The summed E-state index contributed by atoms with van der Waals surface area (Å²) in [5.41, 5.74) is 0.684. The molecule has 0 aliphatic carbocycles. The van der Waals surface area contributed by atoms with Gasteiger partial charge >= 0.3 is 0 Å². The summed E-state index contributed by atoms with van der Waals surface area (Å²) in [6, 6.07) is 7.07. The van der Waals surface area contributed by atoms with Crippen molar-refractivity contribution in [3.63, 3.8) is 0 Å². The van der Waals surface area contributed by atoms with Gasteiger partial charge in [-0.2, -0.15) is 0 Å². The summed E-state index contributed by atoms with van der Waals surface area (Å²) in [5, 5.41) is 11.9. The Labute approximate surface area is 163 Å². The van der Waals surface area contributed by atoms with E-state index < -0.39 is 21.7 Å². The van der Waals surface area contributed by atoms with E-state index in [1.807, 2.05) is 0 Å². The number of ether oxygens (including phenoxy) is 2. The molecule has 2 aromatic rings. The van der Waals surface area contributed by atoms with Crippen LogP contribution in [-0.2, 0) is 14.6 Å². The van der Waals surface area contributed by atoms with E-state index in [1.165, 1.54) is 38.3 Å². The Kier molecular flexibility index (Phi) is 6.98. The fraction of sp³-hybridized carbons (Fsp3) is 0.316. The monoisotopic (exact) mass is 411 g/mol. The maximum atomic E-state index is 13.6. The number of Topliss-reactive ketones (excluding diaryl/α,β-unsaturated/α-hetero) is 1. The molecule has 0 aliphatic heterocycles.